The lowest BCUT2D eigenvalue weighted by Crippen LogP contribution is -2.45. The van der Waals surface area contributed by atoms with Crippen LogP contribution in [0.2, 0.25) is 0 Å². The second kappa shape index (κ2) is 9.10. The molecule has 1 N–H and O–H groups in total. The van der Waals surface area contributed by atoms with Crippen LogP contribution in [0.1, 0.15) is 32.1 Å². The number of ketones is 1. The van der Waals surface area contributed by atoms with E-state index in [0.717, 1.165) is 57.4 Å². The van der Waals surface area contributed by atoms with E-state index in [9.17, 15) is 9.59 Å². The number of carbonyl (C=O) groups is 2. The molecule has 2 saturated heterocycles. The van der Waals surface area contributed by atoms with Crippen molar-refractivity contribution in [3.8, 4) is 5.88 Å². The molecule has 4 aliphatic rings. The quantitative estimate of drug-likeness (QED) is 0.704. The molecule has 0 unspecified atom stereocenters. The van der Waals surface area contributed by atoms with Crippen molar-refractivity contribution in [3.63, 3.8) is 0 Å². The number of nitrogens with one attached hydrogen (secondary N) is 1. The molecule has 0 radical (unpaired) electrons. The Hall–Kier alpha value is -2.61. The molecule has 3 fully saturated rings. The number of halogens is 1. The molecule has 170 valence electrons. The molecule has 3 aliphatic heterocycles. The summed E-state index contributed by atoms with van der Waals surface area (Å²) in [4.78, 5) is 36.7. The number of hydrogen-bond donors (Lipinski definition) is 1. The minimum absolute atomic E-state index is 0.0245. The number of amides is 1. The van der Waals surface area contributed by atoms with E-state index in [1.165, 1.54) is 0 Å². The summed E-state index contributed by atoms with van der Waals surface area (Å²) in [6, 6.07) is 4.27. The zero-order chi connectivity index (χ0) is 22.1. The van der Waals surface area contributed by atoms with E-state index in [1.807, 2.05) is 12.1 Å². The molecule has 0 bridgehead atoms. The lowest BCUT2D eigenvalue weighted by atomic mass is 10.0. The van der Waals surface area contributed by atoms with E-state index in [4.69, 9.17) is 16.3 Å². The first-order valence-electron chi connectivity index (χ1n) is 11.4. The van der Waals surface area contributed by atoms with Crippen molar-refractivity contribution in [1.29, 1.82) is 0 Å². The molecule has 1 aromatic rings. The van der Waals surface area contributed by atoms with Crippen molar-refractivity contribution >= 4 is 35.2 Å². The topological polar surface area (TPSA) is 87.1 Å². The minimum Gasteiger partial charge on any atom is -0.472 e. The Morgan fingerprint density at radius 2 is 1.91 bits per heavy atom. The van der Waals surface area contributed by atoms with Gasteiger partial charge < -0.3 is 19.9 Å². The number of dihydropyridines is 1. The van der Waals surface area contributed by atoms with E-state index in [2.05, 4.69) is 25.1 Å². The molecule has 1 atom stereocenters. The third kappa shape index (κ3) is 4.75. The number of anilines is 1. The standard InChI is InChI=1S/C23H28ClN5O3/c24-22-19(12-25-13-20(22)30)29-10-6-18(14-29)32-21-11-17(3-7-26-21)28-8-4-16(5-9-28)27-23(31)15-1-2-15/h3,7,11-12,15-16,18H,1-2,4-6,8-10,13-14H2,(H,27,31)/t18-/m1/s1. The summed E-state index contributed by atoms with van der Waals surface area (Å²) in [5.41, 5.74) is 1.78. The van der Waals surface area contributed by atoms with Gasteiger partial charge in [0.25, 0.3) is 0 Å². The number of likely N-dealkylation sites (tertiary alicyclic amines) is 1. The Morgan fingerprint density at radius 1 is 1.12 bits per heavy atom. The summed E-state index contributed by atoms with van der Waals surface area (Å²) in [5.74, 6) is 0.956. The summed E-state index contributed by atoms with van der Waals surface area (Å²) in [5, 5.41) is 3.46. The third-order valence-electron chi connectivity index (χ3n) is 6.56. The average Bonchev–Trinajstić information content (AvgIpc) is 3.56. The zero-order valence-electron chi connectivity index (χ0n) is 18.0. The fourth-order valence-corrected chi connectivity index (χ4v) is 4.75. The highest BCUT2D eigenvalue weighted by molar-refractivity contribution is 6.44. The molecule has 1 aromatic heterocycles. The normalized spacial score (nSPS) is 24.3. The maximum atomic E-state index is 12.0. The predicted octanol–water partition coefficient (Wildman–Crippen LogP) is 2.13. The monoisotopic (exact) mass is 457 g/mol. The lowest BCUT2D eigenvalue weighted by Gasteiger charge is -2.34. The van der Waals surface area contributed by atoms with Gasteiger partial charge in [0.1, 0.15) is 17.7 Å². The summed E-state index contributed by atoms with van der Waals surface area (Å²) in [6.45, 7) is 3.32. The molecule has 8 nitrogen and oxygen atoms in total. The molecule has 0 spiro atoms. The van der Waals surface area contributed by atoms with Crippen LogP contribution in [-0.2, 0) is 9.59 Å². The van der Waals surface area contributed by atoms with Crippen LogP contribution < -0.4 is 15.0 Å². The molecule has 0 aromatic carbocycles. The van der Waals surface area contributed by atoms with Crippen molar-refractivity contribution in [2.45, 2.75) is 44.2 Å². The van der Waals surface area contributed by atoms with Crippen LogP contribution in [0.25, 0.3) is 0 Å². The van der Waals surface area contributed by atoms with Gasteiger partial charge in [-0.3, -0.25) is 14.6 Å². The number of Topliss-reactive ketones (excluding diaryl/α,β-unsaturated/α-hetero) is 1. The van der Waals surface area contributed by atoms with E-state index in [1.54, 1.807) is 12.4 Å². The zero-order valence-corrected chi connectivity index (χ0v) is 18.8. The van der Waals surface area contributed by atoms with Gasteiger partial charge in [0.2, 0.25) is 11.8 Å². The van der Waals surface area contributed by atoms with Gasteiger partial charge in [-0.05, 0) is 31.7 Å². The maximum absolute atomic E-state index is 12.0. The van der Waals surface area contributed by atoms with Gasteiger partial charge in [-0.2, -0.15) is 0 Å². The number of carbonyl (C=O) groups excluding carboxylic acids is 2. The van der Waals surface area contributed by atoms with Crippen LogP contribution in [0.15, 0.2) is 34.1 Å². The number of pyridine rings is 1. The molecule has 1 amide bonds. The minimum atomic E-state index is -0.140. The Bertz CT molecular complexity index is 953. The average molecular weight is 458 g/mol. The van der Waals surface area contributed by atoms with E-state index in [-0.39, 0.29) is 41.3 Å². The van der Waals surface area contributed by atoms with Crippen molar-refractivity contribution in [2.75, 3.05) is 37.6 Å². The largest absolute Gasteiger partial charge is 0.472 e. The molecule has 5 rings (SSSR count). The second-order valence-electron chi connectivity index (χ2n) is 8.96. The Labute approximate surface area is 192 Å². The molecular formula is C23H28ClN5O3. The van der Waals surface area contributed by atoms with Crippen LogP contribution in [0.3, 0.4) is 0 Å². The molecule has 4 heterocycles. The smallest absolute Gasteiger partial charge is 0.223 e. The number of hydrogen-bond acceptors (Lipinski definition) is 7. The highest BCUT2D eigenvalue weighted by Gasteiger charge is 2.32. The van der Waals surface area contributed by atoms with E-state index < -0.39 is 0 Å². The first kappa shape index (κ1) is 21.2. The van der Waals surface area contributed by atoms with Crippen LogP contribution in [0.5, 0.6) is 5.88 Å². The van der Waals surface area contributed by atoms with Crippen molar-refractivity contribution < 1.29 is 14.3 Å². The summed E-state index contributed by atoms with van der Waals surface area (Å²) in [6.07, 6.45) is 8.25. The van der Waals surface area contributed by atoms with Crippen LogP contribution in [0.4, 0.5) is 5.69 Å². The highest BCUT2D eigenvalue weighted by Crippen LogP contribution is 2.30. The number of aliphatic imine (C=N–C) groups is 1. The summed E-state index contributed by atoms with van der Waals surface area (Å²) in [7, 11) is 0. The van der Waals surface area contributed by atoms with Gasteiger partial charge in [0, 0.05) is 62.2 Å². The number of rotatable bonds is 6. The van der Waals surface area contributed by atoms with E-state index in [0.29, 0.717) is 18.1 Å². The number of allylic oxidation sites excluding steroid dienone is 1. The molecular weight excluding hydrogens is 430 g/mol. The van der Waals surface area contributed by atoms with Gasteiger partial charge in [-0.25, -0.2) is 4.98 Å². The van der Waals surface area contributed by atoms with Crippen molar-refractivity contribution in [2.24, 2.45) is 10.9 Å². The predicted molar refractivity (Wildman–Crippen MR) is 122 cm³/mol. The van der Waals surface area contributed by atoms with Crippen molar-refractivity contribution in [1.82, 2.24) is 15.2 Å². The SMILES string of the molecule is O=C1CN=CC(N2CC[C@@H](Oc3cc(N4CCC(NC(=O)C5CC5)CC4)ccn3)C2)=C1Cl. The number of piperidine rings is 1. The van der Waals surface area contributed by atoms with Crippen LogP contribution in [0, 0.1) is 5.92 Å². The summed E-state index contributed by atoms with van der Waals surface area (Å²) < 4.78 is 6.17. The Kier molecular flexibility index (Phi) is 6.04. The van der Waals surface area contributed by atoms with Gasteiger partial charge in [0.05, 0.1) is 12.2 Å². The lowest BCUT2D eigenvalue weighted by molar-refractivity contribution is -0.123. The van der Waals surface area contributed by atoms with Crippen molar-refractivity contribution in [3.05, 3.63) is 29.1 Å². The van der Waals surface area contributed by atoms with Crippen LogP contribution >= 0.6 is 11.6 Å². The fraction of sp³-hybridized carbons (Fsp3) is 0.565. The Morgan fingerprint density at radius 3 is 2.69 bits per heavy atom. The van der Waals surface area contributed by atoms with Gasteiger partial charge >= 0.3 is 0 Å². The third-order valence-corrected chi connectivity index (χ3v) is 6.97. The van der Waals surface area contributed by atoms with Gasteiger partial charge in [-0.15, -0.1) is 0 Å². The van der Waals surface area contributed by atoms with E-state index >= 15 is 0 Å². The first-order chi connectivity index (χ1) is 15.6. The molecule has 32 heavy (non-hydrogen) atoms. The molecule has 1 aliphatic carbocycles. The molecule has 9 heteroatoms. The maximum Gasteiger partial charge on any atom is 0.223 e. The molecule has 1 saturated carbocycles. The Balaban J connectivity index is 1.15. The van der Waals surface area contributed by atoms with Gasteiger partial charge in [-0.1, -0.05) is 11.6 Å². The summed E-state index contributed by atoms with van der Waals surface area (Å²) >= 11 is 6.20. The number of ether oxygens (including phenoxy) is 1. The van der Waals surface area contributed by atoms with Crippen LogP contribution in [-0.4, -0.2) is 72.7 Å². The number of nitrogens with zero attached hydrogens (tertiary/aromatic N) is 4. The fourth-order valence-electron chi connectivity index (χ4n) is 4.53. The first-order valence-corrected chi connectivity index (χ1v) is 11.8. The second-order valence-corrected chi connectivity index (χ2v) is 9.34. The number of aromatic nitrogens is 1. The van der Waals surface area contributed by atoms with Gasteiger partial charge in [0.15, 0.2) is 5.78 Å². The highest BCUT2D eigenvalue weighted by atomic mass is 35.5.